The minimum absolute atomic E-state index is 0.174. The van der Waals surface area contributed by atoms with Gasteiger partial charge in [-0.3, -0.25) is 0 Å². The Morgan fingerprint density at radius 2 is 1.94 bits per heavy atom. The lowest BCUT2D eigenvalue weighted by Crippen LogP contribution is -2.40. The SMILES string of the molecule is CC1CCCCC1N(C)CCC(C)(C)C#N. The maximum Gasteiger partial charge on any atom is 0.0684 e. The number of rotatable bonds is 4. The fourth-order valence-electron chi connectivity index (χ4n) is 2.63. The van der Waals surface area contributed by atoms with Crippen molar-refractivity contribution in [2.24, 2.45) is 11.3 Å². The fraction of sp³-hybridized carbons (Fsp3) is 0.929. The summed E-state index contributed by atoms with van der Waals surface area (Å²) in [5, 5.41) is 9.00. The molecule has 0 heterocycles. The molecular formula is C14H26N2. The first-order chi connectivity index (χ1) is 7.46. The van der Waals surface area contributed by atoms with Crippen molar-refractivity contribution in [1.82, 2.24) is 4.90 Å². The Morgan fingerprint density at radius 3 is 2.50 bits per heavy atom. The first-order valence-corrected chi connectivity index (χ1v) is 6.58. The molecule has 0 spiro atoms. The third kappa shape index (κ3) is 3.79. The van der Waals surface area contributed by atoms with E-state index in [1.165, 1.54) is 25.7 Å². The van der Waals surface area contributed by atoms with Crippen LogP contribution in [0.2, 0.25) is 0 Å². The quantitative estimate of drug-likeness (QED) is 0.728. The van der Waals surface area contributed by atoms with Crippen LogP contribution in [0, 0.1) is 22.7 Å². The van der Waals surface area contributed by atoms with E-state index >= 15 is 0 Å². The first-order valence-electron chi connectivity index (χ1n) is 6.58. The van der Waals surface area contributed by atoms with Crippen LogP contribution in [0.4, 0.5) is 0 Å². The van der Waals surface area contributed by atoms with Crippen molar-refractivity contribution in [2.45, 2.75) is 58.9 Å². The van der Waals surface area contributed by atoms with Gasteiger partial charge in [-0.05, 0) is 52.6 Å². The summed E-state index contributed by atoms with van der Waals surface area (Å²) in [6, 6.07) is 3.12. The molecule has 1 rings (SSSR count). The molecule has 0 saturated heterocycles. The van der Waals surface area contributed by atoms with Crippen molar-refractivity contribution in [3.8, 4) is 6.07 Å². The Morgan fingerprint density at radius 1 is 1.31 bits per heavy atom. The van der Waals surface area contributed by atoms with Crippen LogP contribution in [0.25, 0.3) is 0 Å². The Hall–Kier alpha value is -0.550. The van der Waals surface area contributed by atoms with Gasteiger partial charge in [0.2, 0.25) is 0 Å². The second-order valence-electron chi connectivity index (χ2n) is 6.06. The Balaban J connectivity index is 2.40. The highest BCUT2D eigenvalue weighted by Gasteiger charge is 2.26. The molecule has 2 unspecified atom stereocenters. The van der Waals surface area contributed by atoms with Crippen molar-refractivity contribution in [2.75, 3.05) is 13.6 Å². The van der Waals surface area contributed by atoms with Crippen LogP contribution in [-0.2, 0) is 0 Å². The molecule has 2 atom stereocenters. The molecule has 0 aromatic rings. The molecular weight excluding hydrogens is 196 g/mol. The van der Waals surface area contributed by atoms with Gasteiger partial charge in [-0.1, -0.05) is 19.8 Å². The summed E-state index contributed by atoms with van der Waals surface area (Å²) in [6.07, 6.45) is 6.46. The standard InChI is InChI=1S/C14H26N2/c1-12-7-5-6-8-13(12)16(4)10-9-14(2,3)11-15/h12-13H,5-10H2,1-4H3. The van der Waals surface area contributed by atoms with E-state index in [9.17, 15) is 0 Å². The summed E-state index contributed by atoms with van der Waals surface area (Å²) in [4.78, 5) is 2.48. The number of nitriles is 1. The molecule has 1 saturated carbocycles. The van der Waals surface area contributed by atoms with Crippen molar-refractivity contribution in [1.29, 1.82) is 5.26 Å². The van der Waals surface area contributed by atoms with E-state index in [4.69, 9.17) is 5.26 Å². The largest absolute Gasteiger partial charge is 0.303 e. The molecule has 1 aliphatic rings. The van der Waals surface area contributed by atoms with E-state index in [2.05, 4.69) is 24.9 Å². The topological polar surface area (TPSA) is 27.0 Å². The van der Waals surface area contributed by atoms with Gasteiger partial charge in [0.1, 0.15) is 0 Å². The lowest BCUT2D eigenvalue weighted by Gasteiger charge is -2.37. The highest BCUT2D eigenvalue weighted by molar-refractivity contribution is 4.92. The van der Waals surface area contributed by atoms with Crippen LogP contribution in [0.3, 0.4) is 0 Å². The van der Waals surface area contributed by atoms with Crippen molar-refractivity contribution >= 4 is 0 Å². The van der Waals surface area contributed by atoms with Crippen LogP contribution in [0.1, 0.15) is 52.9 Å². The van der Waals surface area contributed by atoms with E-state index in [0.717, 1.165) is 24.9 Å². The second-order valence-corrected chi connectivity index (χ2v) is 6.06. The molecule has 0 aromatic heterocycles. The molecule has 2 nitrogen and oxygen atoms in total. The van der Waals surface area contributed by atoms with E-state index < -0.39 is 0 Å². The smallest absolute Gasteiger partial charge is 0.0684 e. The van der Waals surface area contributed by atoms with Crippen LogP contribution in [0.5, 0.6) is 0 Å². The summed E-state index contributed by atoms with van der Waals surface area (Å²) in [6.45, 7) is 7.49. The monoisotopic (exact) mass is 222 g/mol. The van der Waals surface area contributed by atoms with Gasteiger partial charge in [0.05, 0.1) is 11.5 Å². The number of hydrogen-bond acceptors (Lipinski definition) is 2. The molecule has 0 aromatic carbocycles. The summed E-state index contributed by atoms with van der Waals surface area (Å²) in [5.74, 6) is 0.823. The van der Waals surface area contributed by atoms with Gasteiger partial charge >= 0.3 is 0 Å². The zero-order chi connectivity index (χ0) is 12.2. The van der Waals surface area contributed by atoms with Crippen molar-refractivity contribution in [3.05, 3.63) is 0 Å². The fourth-order valence-corrected chi connectivity index (χ4v) is 2.63. The maximum absolute atomic E-state index is 9.00. The summed E-state index contributed by atoms with van der Waals surface area (Å²) < 4.78 is 0. The molecule has 0 radical (unpaired) electrons. The minimum atomic E-state index is -0.174. The van der Waals surface area contributed by atoms with Crippen molar-refractivity contribution in [3.63, 3.8) is 0 Å². The Kier molecular flexibility index (Phi) is 4.80. The molecule has 0 bridgehead atoms. The van der Waals surface area contributed by atoms with Gasteiger partial charge in [0, 0.05) is 6.04 Å². The normalized spacial score (nSPS) is 26.8. The third-order valence-electron chi connectivity index (χ3n) is 4.02. The lowest BCUT2D eigenvalue weighted by molar-refractivity contribution is 0.129. The maximum atomic E-state index is 9.00. The Labute approximate surface area is 101 Å². The zero-order valence-corrected chi connectivity index (χ0v) is 11.3. The van der Waals surface area contributed by atoms with E-state index in [1.54, 1.807) is 0 Å². The molecule has 1 aliphatic carbocycles. The van der Waals surface area contributed by atoms with E-state index in [1.807, 2.05) is 13.8 Å². The molecule has 2 heteroatoms. The molecule has 0 amide bonds. The highest BCUT2D eigenvalue weighted by Crippen LogP contribution is 2.28. The third-order valence-corrected chi connectivity index (χ3v) is 4.02. The predicted molar refractivity (Wildman–Crippen MR) is 68.1 cm³/mol. The molecule has 1 fully saturated rings. The zero-order valence-electron chi connectivity index (χ0n) is 11.3. The minimum Gasteiger partial charge on any atom is -0.303 e. The molecule has 0 N–H and O–H groups in total. The highest BCUT2D eigenvalue weighted by atomic mass is 15.1. The van der Waals surface area contributed by atoms with Crippen LogP contribution >= 0.6 is 0 Å². The summed E-state index contributed by atoms with van der Waals surface area (Å²) >= 11 is 0. The first kappa shape index (κ1) is 13.5. The van der Waals surface area contributed by atoms with Gasteiger partial charge in [-0.15, -0.1) is 0 Å². The molecule has 92 valence electrons. The van der Waals surface area contributed by atoms with Gasteiger partial charge in [-0.25, -0.2) is 0 Å². The van der Waals surface area contributed by atoms with Gasteiger partial charge < -0.3 is 4.90 Å². The Bertz CT molecular complexity index is 252. The van der Waals surface area contributed by atoms with Crippen molar-refractivity contribution < 1.29 is 0 Å². The molecule has 0 aliphatic heterocycles. The van der Waals surface area contributed by atoms with Gasteiger partial charge in [0.25, 0.3) is 0 Å². The van der Waals surface area contributed by atoms with Gasteiger partial charge in [-0.2, -0.15) is 5.26 Å². The number of hydrogen-bond donors (Lipinski definition) is 0. The average Bonchev–Trinajstić information content (AvgIpc) is 2.27. The van der Waals surface area contributed by atoms with Gasteiger partial charge in [0.15, 0.2) is 0 Å². The van der Waals surface area contributed by atoms with Crippen LogP contribution in [-0.4, -0.2) is 24.5 Å². The average molecular weight is 222 g/mol. The molecule has 16 heavy (non-hydrogen) atoms. The second kappa shape index (κ2) is 5.68. The van der Waals surface area contributed by atoms with Crippen LogP contribution < -0.4 is 0 Å². The lowest BCUT2D eigenvalue weighted by atomic mass is 9.84. The number of nitrogens with zero attached hydrogens (tertiary/aromatic N) is 2. The predicted octanol–water partition coefficient (Wildman–Crippen LogP) is 3.44. The van der Waals surface area contributed by atoms with E-state index in [0.29, 0.717) is 0 Å². The summed E-state index contributed by atoms with van der Waals surface area (Å²) in [5.41, 5.74) is -0.174. The van der Waals surface area contributed by atoms with E-state index in [-0.39, 0.29) is 5.41 Å². The summed E-state index contributed by atoms with van der Waals surface area (Å²) in [7, 11) is 2.22. The van der Waals surface area contributed by atoms with Crippen LogP contribution in [0.15, 0.2) is 0 Å².